The quantitative estimate of drug-likeness (QED) is 0.773. The smallest absolute Gasteiger partial charge is 0.237 e. The van der Waals surface area contributed by atoms with Crippen LogP contribution in [0.25, 0.3) is 0 Å². The SMILES string of the molecule is CCCC(C)NC(=O)C(C)N1CCCC(C)(CO)C1. The molecule has 4 heteroatoms. The number of nitrogens with one attached hydrogen (secondary N) is 1. The van der Waals surface area contributed by atoms with Gasteiger partial charge < -0.3 is 10.4 Å². The van der Waals surface area contributed by atoms with E-state index >= 15 is 0 Å². The van der Waals surface area contributed by atoms with Gasteiger partial charge in [-0.25, -0.2) is 0 Å². The van der Waals surface area contributed by atoms with Crippen molar-refractivity contribution in [2.75, 3.05) is 19.7 Å². The normalized spacial score (nSPS) is 27.8. The molecule has 1 aliphatic rings. The summed E-state index contributed by atoms with van der Waals surface area (Å²) in [4.78, 5) is 14.4. The second-order valence-corrected chi connectivity index (χ2v) is 6.42. The molecule has 1 saturated heterocycles. The molecule has 0 radical (unpaired) electrons. The van der Waals surface area contributed by atoms with Crippen LogP contribution in [0.3, 0.4) is 0 Å². The first-order chi connectivity index (χ1) is 8.91. The van der Waals surface area contributed by atoms with Crippen molar-refractivity contribution in [2.45, 2.75) is 65.5 Å². The van der Waals surface area contributed by atoms with E-state index < -0.39 is 0 Å². The van der Waals surface area contributed by atoms with E-state index in [0.29, 0.717) is 0 Å². The first-order valence-corrected chi connectivity index (χ1v) is 7.57. The molecule has 0 aromatic rings. The molecule has 1 fully saturated rings. The number of aliphatic hydroxyl groups excluding tert-OH is 1. The van der Waals surface area contributed by atoms with Crippen molar-refractivity contribution in [1.29, 1.82) is 0 Å². The molecule has 0 saturated carbocycles. The molecule has 3 unspecified atom stereocenters. The van der Waals surface area contributed by atoms with Crippen molar-refractivity contribution < 1.29 is 9.90 Å². The van der Waals surface area contributed by atoms with Gasteiger partial charge >= 0.3 is 0 Å². The summed E-state index contributed by atoms with van der Waals surface area (Å²) in [5.41, 5.74) is -0.0537. The Morgan fingerprint density at radius 3 is 2.74 bits per heavy atom. The number of hydrogen-bond acceptors (Lipinski definition) is 3. The second kappa shape index (κ2) is 7.25. The molecular weight excluding hydrogens is 240 g/mol. The van der Waals surface area contributed by atoms with E-state index in [0.717, 1.165) is 38.8 Å². The Kier molecular flexibility index (Phi) is 6.27. The topological polar surface area (TPSA) is 52.6 Å². The van der Waals surface area contributed by atoms with Crippen LogP contribution in [0.4, 0.5) is 0 Å². The molecular formula is C15H30N2O2. The van der Waals surface area contributed by atoms with Crippen LogP contribution in [0.15, 0.2) is 0 Å². The third-order valence-electron chi connectivity index (χ3n) is 4.23. The Morgan fingerprint density at radius 2 is 2.16 bits per heavy atom. The summed E-state index contributed by atoms with van der Waals surface area (Å²) in [7, 11) is 0. The summed E-state index contributed by atoms with van der Waals surface area (Å²) in [5, 5.41) is 12.6. The summed E-state index contributed by atoms with van der Waals surface area (Å²) in [5.74, 6) is 0.114. The van der Waals surface area contributed by atoms with E-state index in [2.05, 4.69) is 31.0 Å². The van der Waals surface area contributed by atoms with E-state index in [1.165, 1.54) is 0 Å². The van der Waals surface area contributed by atoms with Gasteiger partial charge in [-0.05, 0) is 39.7 Å². The molecule has 1 aliphatic heterocycles. The average molecular weight is 270 g/mol. The van der Waals surface area contributed by atoms with E-state index in [1.807, 2.05) is 6.92 Å². The molecule has 2 N–H and O–H groups in total. The predicted octanol–water partition coefficient (Wildman–Crippen LogP) is 1.77. The maximum Gasteiger partial charge on any atom is 0.237 e. The van der Waals surface area contributed by atoms with Crippen LogP contribution in [0, 0.1) is 5.41 Å². The van der Waals surface area contributed by atoms with Crippen LogP contribution in [-0.2, 0) is 4.79 Å². The highest BCUT2D eigenvalue weighted by atomic mass is 16.3. The van der Waals surface area contributed by atoms with E-state index in [1.54, 1.807) is 0 Å². The van der Waals surface area contributed by atoms with Crippen LogP contribution < -0.4 is 5.32 Å². The molecule has 0 bridgehead atoms. The molecule has 1 rings (SSSR count). The zero-order chi connectivity index (χ0) is 14.5. The maximum absolute atomic E-state index is 12.2. The first-order valence-electron chi connectivity index (χ1n) is 7.57. The predicted molar refractivity (Wildman–Crippen MR) is 78.0 cm³/mol. The summed E-state index contributed by atoms with van der Waals surface area (Å²) < 4.78 is 0. The number of likely N-dealkylation sites (tertiary alicyclic amines) is 1. The minimum atomic E-state index is -0.106. The number of hydrogen-bond donors (Lipinski definition) is 2. The van der Waals surface area contributed by atoms with Gasteiger partial charge in [-0.15, -0.1) is 0 Å². The lowest BCUT2D eigenvalue weighted by Gasteiger charge is -2.41. The van der Waals surface area contributed by atoms with Crippen LogP contribution in [0.1, 0.15) is 53.4 Å². The molecule has 1 heterocycles. The summed E-state index contributed by atoms with van der Waals surface area (Å²) in [6.07, 6.45) is 4.20. The number of amides is 1. The highest BCUT2D eigenvalue weighted by Gasteiger charge is 2.34. The van der Waals surface area contributed by atoms with Gasteiger partial charge in [0.2, 0.25) is 5.91 Å². The van der Waals surface area contributed by atoms with Crippen molar-refractivity contribution in [3.8, 4) is 0 Å². The van der Waals surface area contributed by atoms with Gasteiger partial charge in [0.05, 0.1) is 6.04 Å². The summed E-state index contributed by atoms with van der Waals surface area (Å²) >= 11 is 0. The van der Waals surface area contributed by atoms with Gasteiger partial charge in [0, 0.05) is 24.6 Å². The molecule has 0 spiro atoms. The first kappa shape index (κ1) is 16.4. The van der Waals surface area contributed by atoms with Crippen molar-refractivity contribution in [1.82, 2.24) is 10.2 Å². The van der Waals surface area contributed by atoms with Crippen molar-refractivity contribution in [3.63, 3.8) is 0 Å². The van der Waals surface area contributed by atoms with Gasteiger partial charge in [0.1, 0.15) is 0 Å². The molecule has 0 aromatic carbocycles. The van der Waals surface area contributed by atoms with Crippen LogP contribution in [0.2, 0.25) is 0 Å². The largest absolute Gasteiger partial charge is 0.396 e. The lowest BCUT2D eigenvalue weighted by Crippen LogP contribution is -2.53. The minimum absolute atomic E-state index is 0.0537. The molecule has 4 nitrogen and oxygen atoms in total. The lowest BCUT2D eigenvalue weighted by atomic mass is 9.82. The summed E-state index contributed by atoms with van der Waals surface area (Å²) in [6.45, 7) is 10.2. The number of nitrogens with zero attached hydrogens (tertiary/aromatic N) is 1. The van der Waals surface area contributed by atoms with E-state index in [9.17, 15) is 9.90 Å². The molecule has 0 aliphatic carbocycles. The molecule has 3 atom stereocenters. The number of carbonyl (C=O) groups is 1. The average Bonchev–Trinajstić information content (AvgIpc) is 2.38. The van der Waals surface area contributed by atoms with Crippen LogP contribution in [0.5, 0.6) is 0 Å². The Morgan fingerprint density at radius 1 is 1.47 bits per heavy atom. The molecule has 112 valence electrons. The number of rotatable bonds is 6. The Hall–Kier alpha value is -0.610. The molecule has 19 heavy (non-hydrogen) atoms. The standard InChI is InChI=1S/C15H30N2O2/c1-5-7-12(2)16-14(19)13(3)17-9-6-8-15(4,10-17)11-18/h12-13,18H,5-11H2,1-4H3,(H,16,19). The number of aliphatic hydroxyl groups is 1. The highest BCUT2D eigenvalue weighted by Crippen LogP contribution is 2.29. The van der Waals surface area contributed by atoms with Gasteiger partial charge in [-0.2, -0.15) is 0 Å². The Balaban J connectivity index is 2.52. The number of piperidine rings is 1. The summed E-state index contributed by atoms with van der Waals surface area (Å²) in [6, 6.07) is 0.138. The molecule has 0 aromatic heterocycles. The zero-order valence-corrected chi connectivity index (χ0v) is 12.9. The van der Waals surface area contributed by atoms with Gasteiger partial charge in [0.15, 0.2) is 0 Å². The van der Waals surface area contributed by atoms with Crippen molar-refractivity contribution in [2.24, 2.45) is 5.41 Å². The fourth-order valence-corrected chi connectivity index (χ4v) is 2.85. The number of carbonyl (C=O) groups excluding carboxylic acids is 1. The highest BCUT2D eigenvalue weighted by molar-refractivity contribution is 5.81. The maximum atomic E-state index is 12.2. The monoisotopic (exact) mass is 270 g/mol. The Labute approximate surface area is 117 Å². The lowest BCUT2D eigenvalue weighted by molar-refractivity contribution is -0.128. The van der Waals surface area contributed by atoms with E-state index in [4.69, 9.17) is 0 Å². The van der Waals surface area contributed by atoms with Crippen molar-refractivity contribution in [3.05, 3.63) is 0 Å². The van der Waals surface area contributed by atoms with Gasteiger partial charge in [-0.1, -0.05) is 20.3 Å². The molecule has 1 amide bonds. The van der Waals surface area contributed by atoms with Gasteiger partial charge in [-0.3, -0.25) is 9.69 Å². The zero-order valence-electron chi connectivity index (χ0n) is 12.9. The minimum Gasteiger partial charge on any atom is -0.396 e. The fourth-order valence-electron chi connectivity index (χ4n) is 2.85. The second-order valence-electron chi connectivity index (χ2n) is 6.42. The fraction of sp³-hybridized carbons (Fsp3) is 0.933. The van der Waals surface area contributed by atoms with Gasteiger partial charge in [0.25, 0.3) is 0 Å². The Bertz CT molecular complexity index is 296. The van der Waals surface area contributed by atoms with Crippen LogP contribution >= 0.6 is 0 Å². The van der Waals surface area contributed by atoms with Crippen molar-refractivity contribution >= 4 is 5.91 Å². The third-order valence-corrected chi connectivity index (χ3v) is 4.23. The van der Waals surface area contributed by atoms with E-state index in [-0.39, 0.29) is 30.0 Å². The van der Waals surface area contributed by atoms with Crippen LogP contribution in [-0.4, -0.2) is 47.7 Å². The third kappa shape index (κ3) is 4.77.